The van der Waals surface area contributed by atoms with Gasteiger partial charge in [0, 0.05) is 5.41 Å². The normalized spacial score (nSPS) is 14.2. The first-order valence-corrected chi connectivity index (χ1v) is 11.3. The summed E-state index contributed by atoms with van der Waals surface area (Å²) in [5, 5.41) is 0. The van der Waals surface area contributed by atoms with E-state index in [4.69, 9.17) is 0 Å². The number of hydrogen-bond acceptors (Lipinski definition) is 0. The fourth-order valence-electron chi connectivity index (χ4n) is 5.07. The van der Waals surface area contributed by atoms with E-state index >= 15 is 0 Å². The van der Waals surface area contributed by atoms with Crippen molar-refractivity contribution < 1.29 is 0 Å². The molecule has 0 nitrogen and oxygen atoms in total. The molecule has 0 fully saturated rings. The lowest BCUT2D eigenvalue weighted by Crippen LogP contribution is -2.25. The molecular weight excluding hydrogens is 324 g/mol. The molecule has 0 saturated heterocycles. The Kier molecular flexibility index (Phi) is 6.79. The molecule has 0 amide bonds. The van der Waals surface area contributed by atoms with E-state index in [9.17, 15) is 0 Å². The second-order valence-electron chi connectivity index (χ2n) is 8.80. The second kappa shape index (κ2) is 9.09. The molecule has 146 valence electrons. The smallest absolute Gasteiger partial charge is 0.0215 e. The van der Waals surface area contributed by atoms with Crippen LogP contribution in [-0.2, 0) is 5.41 Å². The van der Waals surface area contributed by atoms with Crippen molar-refractivity contribution in [3.63, 3.8) is 0 Å². The Balaban J connectivity index is 1.95. The van der Waals surface area contributed by atoms with Crippen LogP contribution in [-0.4, -0.2) is 0 Å². The first-order chi connectivity index (χ1) is 13.1. The van der Waals surface area contributed by atoms with Crippen LogP contribution < -0.4 is 0 Å². The highest BCUT2D eigenvalue weighted by atomic mass is 14.4. The van der Waals surface area contributed by atoms with Gasteiger partial charge < -0.3 is 0 Å². The average molecular weight is 363 g/mol. The third-order valence-corrected chi connectivity index (χ3v) is 6.59. The van der Waals surface area contributed by atoms with Crippen molar-refractivity contribution in [2.24, 2.45) is 0 Å². The summed E-state index contributed by atoms with van der Waals surface area (Å²) in [5.74, 6) is 0. The van der Waals surface area contributed by atoms with Crippen LogP contribution >= 0.6 is 0 Å². The van der Waals surface area contributed by atoms with Crippen molar-refractivity contribution in [1.29, 1.82) is 0 Å². The molecule has 0 unspecified atom stereocenters. The summed E-state index contributed by atoms with van der Waals surface area (Å²) in [6.45, 7) is 9.15. The number of fused-ring (bicyclic) bond motifs is 3. The van der Waals surface area contributed by atoms with Crippen molar-refractivity contribution in [3.05, 3.63) is 58.7 Å². The molecule has 0 N–H and O–H groups in total. The Morgan fingerprint density at radius 1 is 0.593 bits per heavy atom. The zero-order chi connectivity index (χ0) is 19.3. The SMILES string of the molecule is CCCCCCCCC1(CCCC)c2cc(C)ccc2-c2ccc(C)cc21. The van der Waals surface area contributed by atoms with Crippen LogP contribution in [0, 0.1) is 13.8 Å². The molecule has 27 heavy (non-hydrogen) atoms. The molecule has 1 aliphatic rings. The molecule has 0 saturated carbocycles. The molecule has 2 aromatic rings. The van der Waals surface area contributed by atoms with E-state index in [-0.39, 0.29) is 5.41 Å². The highest BCUT2D eigenvalue weighted by molar-refractivity contribution is 5.81. The van der Waals surface area contributed by atoms with E-state index in [1.165, 1.54) is 86.5 Å². The molecule has 1 aliphatic carbocycles. The summed E-state index contributed by atoms with van der Waals surface area (Å²) in [5.41, 5.74) is 9.28. The van der Waals surface area contributed by atoms with Gasteiger partial charge in [-0.05, 0) is 48.9 Å². The van der Waals surface area contributed by atoms with Gasteiger partial charge in [0.15, 0.2) is 0 Å². The largest absolute Gasteiger partial charge is 0.0654 e. The molecule has 0 aliphatic heterocycles. The topological polar surface area (TPSA) is 0 Å². The zero-order valence-electron chi connectivity index (χ0n) is 18.0. The molecule has 0 bridgehead atoms. The summed E-state index contributed by atoms with van der Waals surface area (Å²) >= 11 is 0. The number of rotatable bonds is 10. The quantitative estimate of drug-likeness (QED) is 0.371. The summed E-state index contributed by atoms with van der Waals surface area (Å²) < 4.78 is 0. The maximum Gasteiger partial charge on any atom is 0.0215 e. The van der Waals surface area contributed by atoms with Crippen molar-refractivity contribution in [3.8, 4) is 11.1 Å². The van der Waals surface area contributed by atoms with Gasteiger partial charge in [-0.3, -0.25) is 0 Å². The molecule has 0 atom stereocenters. The van der Waals surface area contributed by atoms with Gasteiger partial charge in [-0.15, -0.1) is 0 Å². The molecular formula is C27H38. The Morgan fingerprint density at radius 2 is 1.07 bits per heavy atom. The van der Waals surface area contributed by atoms with Gasteiger partial charge in [-0.2, -0.15) is 0 Å². The molecule has 0 heteroatoms. The second-order valence-corrected chi connectivity index (χ2v) is 8.80. The highest BCUT2D eigenvalue weighted by Gasteiger charge is 2.42. The van der Waals surface area contributed by atoms with Crippen LogP contribution in [0.1, 0.15) is 100 Å². The number of benzene rings is 2. The van der Waals surface area contributed by atoms with Gasteiger partial charge in [0.2, 0.25) is 0 Å². The summed E-state index contributed by atoms with van der Waals surface area (Å²) in [6.07, 6.45) is 13.5. The van der Waals surface area contributed by atoms with E-state index in [0.717, 1.165) is 0 Å². The van der Waals surface area contributed by atoms with Crippen molar-refractivity contribution >= 4 is 0 Å². The van der Waals surface area contributed by atoms with Gasteiger partial charge in [-0.25, -0.2) is 0 Å². The molecule has 3 rings (SSSR count). The predicted octanol–water partition coefficient (Wildman–Crippen LogP) is 8.51. The summed E-state index contributed by atoms with van der Waals surface area (Å²) in [6, 6.07) is 14.3. The maximum absolute atomic E-state index is 2.50. The Hall–Kier alpha value is -1.56. The highest BCUT2D eigenvalue weighted by Crippen LogP contribution is 2.54. The lowest BCUT2D eigenvalue weighted by Gasteiger charge is -2.33. The minimum atomic E-state index is 0.240. The van der Waals surface area contributed by atoms with Gasteiger partial charge in [0.05, 0.1) is 0 Å². The maximum atomic E-state index is 2.50. The zero-order valence-corrected chi connectivity index (χ0v) is 18.0. The van der Waals surface area contributed by atoms with Crippen molar-refractivity contribution in [2.45, 2.75) is 97.3 Å². The van der Waals surface area contributed by atoms with Crippen molar-refractivity contribution in [1.82, 2.24) is 0 Å². The van der Waals surface area contributed by atoms with Crippen LogP contribution in [0.2, 0.25) is 0 Å². The van der Waals surface area contributed by atoms with Gasteiger partial charge in [0.1, 0.15) is 0 Å². The lowest BCUT2D eigenvalue weighted by molar-refractivity contribution is 0.405. The number of unbranched alkanes of at least 4 members (excludes halogenated alkanes) is 6. The standard InChI is InChI=1S/C27H38/c1-5-7-9-10-11-12-18-27(17-8-6-2)25-19-21(3)13-15-23(25)24-16-14-22(4)20-26(24)27/h13-16,19-20H,5-12,17-18H2,1-4H3. The predicted molar refractivity (Wildman–Crippen MR) is 120 cm³/mol. The van der Waals surface area contributed by atoms with E-state index in [1.807, 2.05) is 0 Å². The molecule has 0 aromatic heterocycles. The molecule has 2 aromatic carbocycles. The van der Waals surface area contributed by atoms with Crippen LogP contribution in [0.5, 0.6) is 0 Å². The molecule has 0 heterocycles. The third kappa shape index (κ3) is 4.15. The van der Waals surface area contributed by atoms with Gasteiger partial charge >= 0.3 is 0 Å². The van der Waals surface area contributed by atoms with Crippen molar-refractivity contribution in [2.75, 3.05) is 0 Å². The fraction of sp³-hybridized carbons (Fsp3) is 0.556. The molecule has 0 spiro atoms. The fourth-order valence-corrected chi connectivity index (χ4v) is 5.07. The molecule has 0 radical (unpaired) electrons. The monoisotopic (exact) mass is 362 g/mol. The summed E-state index contributed by atoms with van der Waals surface area (Å²) in [4.78, 5) is 0. The Morgan fingerprint density at radius 3 is 1.63 bits per heavy atom. The van der Waals surface area contributed by atoms with Gasteiger partial charge in [-0.1, -0.05) is 113 Å². The van der Waals surface area contributed by atoms with E-state index < -0.39 is 0 Å². The Bertz CT molecular complexity index is 701. The Labute approximate surface area is 167 Å². The van der Waals surface area contributed by atoms with E-state index in [0.29, 0.717) is 0 Å². The lowest BCUT2D eigenvalue weighted by atomic mass is 9.70. The first kappa shape index (κ1) is 20.2. The minimum absolute atomic E-state index is 0.240. The van der Waals surface area contributed by atoms with Gasteiger partial charge in [0.25, 0.3) is 0 Å². The van der Waals surface area contributed by atoms with E-state index in [2.05, 4.69) is 64.1 Å². The van der Waals surface area contributed by atoms with Crippen LogP contribution in [0.15, 0.2) is 36.4 Å². The third-order valence-electron chi connectivity index (χ3n) is 6.59. The average Bonchev–Trinajstić information content (AvgIpc) is 2.92. The van der Waals surface area contributed by atoms with Crippen LogP contribution in [0.25, 0.3) is 11.1 Å². The number of aryl methyl sites for hydroxylation is 2. The summed E-state index contributed by atoms with van der Waals surface area (Å²) in [7, 11) is 0. The van der Waals surface area contributed by atoms with E-state index in [1.54, 1.807) is 11.1 Å². The minimum Gasteiger partial charge on any atom is -0.0654 e. The van der Waals surface area contributed by atoms with Crippen LogP contribution in [0.3, 0.4) is 0 Å². The van der Waals surface area contributed by atoms with Crippen LogP contribution in [0.4, 0.5) is 0 Å². The number of hydrogen-bond donors (Lipinski definition) is 0. The first-order valence-electron chi connectivity index (χ1n) is 11.3.